The molecule has 25 heavy (non-hydrogen) atoms. The lowest BCUT2D eigenvalue weighted by molar-refractivity contribution is -0.131. The van der Waals surface area contributed by atoms with Gasteiger partial charge in [0.1, 0.15) is 0 Å². The molecule has 1 amide bonds. The maximum absolute atomic E-state index is 13.1. The molecule has 3 aromatic rings. The summed E-state index contributed by atoms with van der Waals surface area (Å²) in [5, 5.41) is 1.17. The predicted octanol–water partition coefficient (Wildman–Crippen LogP) is 3.91. The Kier molecular flexibility index (Phi) is 4.04. The first-order valence-corrected chi connectivity index (χ1v) is 8.88. The molecular weight excluding hydrogens is 310 g/mol. The minimum Gasteiger partial charge on any atom is -0.358 e. The molecule has 1 aromatic carbocycles. The number of pyridine rings is 1. The average molecular weight is 333 g/mol. The minimum absolute atomic E-state index is 0.205. The Morgan fingerprint density at radius 3 is 2.84 bits per heavy atom. The van der Waals surface area contributed by atoms with E-state index in [1.807, 2.05) is 23.2 Å². The Bertz CT molecular complexity index is 910. The van der Waals surface area contributed by atoms with E-state index in [0.29, 0.717) is 19.0 Å². The fourth-order valence-electron chi connectivity index (χ4n) is 3.47. The van der Waals surface area contributed by atoms with E-state index in [9.17, 15) is 4.79 Å². The molecule has 0 unspecified atom stereocenters. The number of fused-ring (bicyclic) bond motifs is 1. The van der Waals surface area contributed by atoms with Gasteiger partial charge in [-0.05, 0) is 56.0 Å². The lowest BCUT2D eigenvalue weighted by Gasteiger charge is -2.22. The number of amides is 1. The topological polar surface area (TPSA) is 49.0 Å². The molecule has 1 aliphatic carbocycles. The van der Waals surface area contributed by atoms with Crippen molar-refractivity contribution in [2.75, 3.05) is 0 Å². The number of rotatable bonds is 5. The Balaban J connectivity index is 1.60. The van der Waals surface area contributed by atoms with E-state index in [4.69, 9.17) is 0 Å². The van der Waals surface area contributed by atoms with Crippen molar-refractivity contribution in [3.8, 4) is 0 Å². The van der Waals surface area contributed by atoms with E-state index in [1.165, 1.54) is 10.9 Å². The fourth-order valence-corrected chi connectivity index (χ4v) is 3.47. The lowest BCUT2D eigenvalue weighted by atomic mass is 10.0. The van der Waals surface area contributed by atoms with Crippen molar-refractivity contribution < 1.29 is 4.79 Å². The summed E-state index contributed by atoms with van der Waals surface area (Å²) in [5.74, 6) is 0.205. The third-order valence-electron chi connectivity index (χ3n) is 4.99. The molecule has 0 saturated heterocycles. The van der Waals surface area contributed by atoms with Gasteiger partial charge in [-0.15, -0.1) is 0 Å². The SMILES string of the molecule is Cc1ccc2[nH]c(C)c(CC(=O)N(Cc3cccnc3)C3CC3)c2c1. The number of aryl methyl sites for hydroxylation is 2. The summed E-state index contributed by atoms with van der Waals surface area (Å²) >= 11 is 0. The van der Waals surface area contributed by atoms with Crippen molar-refractivity contribution in [3.63, 3.8) is 0 Å². The number of aromatic amines is 1. The van der Waals surface area contributed by atoms with Crippen LogP contribution in [0.5, 0.6) is 0 Å². The fraction of sp³-hybridized carbons (Fsp3) is 0.333. The first kappa shape index (κ1) is 15.9. The van der Waals surface area contributed by atoms with Gasteiger partial charge in [0.15, 0.2) is 0 Å². The summed E-state index contributed by atoms with van der Waals surface area (Å²) in [4.78, 5) is 22.7. The van der Waals surface area contributed by atoms with Crippen LogP contribution in [0.3, 0.4) is 0 Å². The predicted molar refractivity (Wildman–Crippen MR) is 99.3 cm³/mol. The van der Waals surface area contributed by atoms with Crippen molar-refractivity contribution in [1.29, 1.82) is 0 Å². The van der Waals surface area contributed by atoms with Gasteiger partial charge < -0.3 is 9.88 Å². The molecule has 0 spiro atoms. The van der Waals surface area contributed by atoms with E-state index < -0.39 is 0 Å². The number of hydrogen-bond donors (Lipinski definition) is 1. The van der Waals surface area contributed by atoms with E-state index >= 15 is 0 Å². The molecule has 4 nitrogen and oxygen atoms in total. The van der Waals surface area contributed by atoms with Crippen LogP contribution in [-0.2, 0) is 17.8 Å². The van der Waals surface area contributed by atoms with Crippen molar-refractivity contribution in [1.82, 2.24) is 14.9 Å². The Morgan fingerprint density at radius 2 is 2.12 bits per heavy atom. The van der Waals surface area contributed by atoms with Crippen molar-refractivity contribution in [2.45, 2.75) is 45.7 Å². The van der Waals surface area contributed by atoms with Gasteiger partial charge in [-0.3, -0.25) is 9.78 Å². The van der Waals surface area contributed by atoms with E-state index in [0.717, 1.165) is 35.2 Å². The van der Waals surface area contributed by atoms with Crippen molar-refractivity contribution in [3.05, 3.63) is 65.1 Å². The Hall–Kier alpha value is -2.62. The normalized spacial score (nSPS) is 14.0. The molecule has 0 atom stereocenters. The van der Waals surface area contributed by atoms with Gasteiger partial charge in [-0.25, -0.2) is 0 Å². The quantitative estimate of drug-likeness (QED) is 0.769. The van der Waals surface area contributed by atoms with Gasteiger partial charge in [0.05, 0.1) is 6.42 Å². The third-order valence-corrected chi connectivity index (χ3v) is 4.99. The number of nitrogens with zero attached hydrogens (tertiary/aromatic N) is 2. The van der Waals surface area contributed by atoms with Crippen molar-refractivity contribution >= 4 is 16.8 Å². The molecule has 1 fully saturated rings. The van der Waals surface area contributed by atoms with Crippen LogP contribution >= 0.6 is 0 Å². The molecule has 4 heteroatoms. The second-order valence-electron chi connectivity index (χ2n) is 7.07. The van der Waals surface area contributed by atoms with Crippen LogP contribution in [0.15, 0.2) is 42.7 Å². The first-order chi connectivity index (χ1) is 12.1. The largest absolute Gasteiger partial charge is 0.358 e. The molecule has 2 heterocycles. The molecule has 128 valence electrons. The first-order valence-electron chi connectivity index (χ1n) is 8.88. The van der Waals surface area contributed by atoms with Gasteiger partial charge in [-0.1, -0.05) is 17.7 Å². The summed E-state index contributed by atoms with van der Waals surface area (Å²) in [7, 11) is 0. The number of carbonyl (C=O) groups is 1. The molecule has 0 radical (unpaired) electrons. The number of carbonyl (C=O) groups excluding carboxylic acids is 1. The number of aromatic nitrogens is 2. The van der Waals surface area contributed by atoms with Crippen LogP contribution in [-0.4, -0.2) is 26.8 Å². The van der Waals surface area contributed by atoms with Crippen LogP contribution in [0.25, 0.3) is 10.9 Å². The second kappa shape index (κ2) is 6.36. The monoisotopic (exact) mass is 333 g/mol. The number of nitrogens with one attached hydrogen (secondary N) is 1. The highest BCUT2D eigenvalue weighted by atomic mass is 16.2. The molecule has 0 bridgehead atoms. The zero-order valence-electron chi connectivity index (χ0n) is 14.7. The van der Waals surface area contributed by atoms with Crippen molar-refractivity contribution in [2.24, 2.45) is 0 Å². The van der Waals surface area contributed by atoms with Gasteiger partial charge in [0.2, 0.25) is 5.91 Å². The summed E-state index contributed by atoms with van der Waals surface area (Å²) in [6, 6.07) is 10.7. The highest BCUT2D eigenvalue weighted by Crippen LogP contribution is 2.30. The summed E-state index contributed by atoms with van der Waals surface area (Å²) in [6.07, 6.45) is 6.29. The third kappa shape index (κ3) is 3.29. The lowest BCUT2D eigenvalue weighted by Crippen LogP contribution is -2.34. The van der Waals surface area contributed by atoms with Gasteiger partial charge in [0.25, 0.3) is 0 Å². The average Bonchev–Trinajstić information content (AvgIpc) is 3.40. The van der Waals surface area contributed by atoms with Crippen LogP contribution in [0.4, 0.5) is 0 Å². The van der Waals surface area contributed by atoms with Crippen LogP contribution in [0.1, 0.15) is 35.2 Å². The number of benzene rings is 1. The molecule has 1 saturated carbocycles. The maximum atomic E-state index is 13.1. The van der Waals surface area contributed by atoms with E-state index in [-0.39, 0.29) is 5.91 Å². The zero-order valence-corrected chi connectivity index (χ0v) is 14.7. The maximum Gasteiger partial charge on any atom is 0.227 e. The van der Waals surface area contributed by atoms with Crippen LogP contribution < -0.4 is 0 Å². The van der Waals surface area contributed by atoms with Crippen LogP contribution in [0.2, 0.25) is 0 Å². The van der Waals surface area contributed by atoms with E-state index in [2.05, 4.69) is 42.0 Å². The van der Waals surface area contributed by atoms with Gasteiger partial charge >= 0.3 is 0 Å². The van der Waals surface area contributed by atoms with Gasteiger partial charge in [-0.2, -0.15) is 0 Å². The number of H-pyrrole nitrogens is 1. The molecule has 1 aliphatic rings. The molecular formula is C21H23N3O. The molecule has 0 aliphatic heterocycles. The summed E-state index contributed by atoms with van der Waals surface area (Å²) in [6.45, 7) is 4.80. The second-order valence-corrected chi connectivity index (χ2v) is 7.07. The summed E-state index contributed by atoms with van der Waals surface area (Å²) in [5.41, 5.74) is 5.63. The highest BCUT2D eigenvalue weighted by molar-refractivity contribution is 5.90. The van der Waals surface area contributed by atoms with Gasteiger partial charge in [0, 0.05) is 41.6 Å². The smallest absolute Gasteiger partial charge is 0.227 e. The van der Waals surface area contributed by atoms with Crippen LogP contribution in [0, 0.1) is 13.8 Å². The zero-order chi connectivity index (χ0) is 17.4. The Morgan fingerprint density at radius 1 is 1.28 bits per heavy atom. The molecule has 4 rings (SSSR count). The summed E-state index contributed by atoms with van der Waals surface area (Å²) < 4.78 is 0. The minimum atomic E-state index is 0.205. The standard InChI is InChI=1S/C21H23N3O/c1-14-5-8-20-19(10-14)18(15(2)23-20)11-21(25)24(17-6-7-17)13-16-4-3-9-22-12-16/h3-5,8-10,12,17,23H,6-7,11,13H2,1-2H3. The van der Waals surface area contributed by atoms with E-state index in [1.54, 1.807) is 6.20 Å². The highest BCUT2D eigenvalue weighted by Gasteiger charge is 2.33. The Labute approximate surface area is 147 Å². The molecule has 2 aromatic heterocycles. The molecule has 1 N–H and O–H groups in total. The number of hydrogen-bond acceptors (Lipinski definition) is 2.